The number of ether oxygens (including phenoxy) is 1. The lowest BCUT2D eigenvalue weighted by molar-refractivity contribution is -0.131. The van der Waals surface area contributed by atoms with Gasteiger partial charge >= 0.3 is 5.97 Å². The van der Waals surface area contributed by atoms with Crippen LogP contribution in [0.5, 0.6) is 5.75 Å². The minimum Gasteiger partial charge on any atom is -0.427 e. The SMILES string of the molecule is CC(=O)Oc1cccc(NC(=O)C2CCCCC2)c1. The Kier molecular flexibility index (Phi) is 4.55. The van der Waals surface area contributed by atoms with Crippen LogP contribution in [0.25, 0.3) is 0 Å². The molecule has 102 valence electrons. The number of anilines is 1. The zero-order chi connectivity index (χ0) is 13.7. The predicted molar refractivity (Wildman–Crippen MR) is 73.0 cm³/mol. The minimum atomic E-state index is -0.365. The number of benzene rings is 1. The standard InChI is InChI=1S/C15H19NO3/c1-11(17)19-14-9-5-8-13(10-14)16-15(18)12-6-3-2-4-7-12/h5,8-10,12H,2-4,6-7H2,1H3,(H,16,18). The van der Waals surface area contributed by atoms with Gasteiger partial charge in [0.1, 0.15) is 5.75 Å². The molecule has 0 bridgehead atoms. The molecule has 0 radical (unpaired) electrons. The van der Waals surface area contributed by atoms with Gasteiger partial charge in [-0.25, -0.2) is 0 Å². The molecule has 1 N–H and O–H groups in total. The largest absolute Gasteiger partial charge is 0.427 e. The molecular formula is C15H19NO3. The number of hydrogen-bond donors (Lipinski definition) is 1. The number of amides is 1. The van der Waals surface area contributed by atoms with Crippen LogP contribution in [-0.4, -0.2) is 11.9 Å². The average molecular weight is 261 g/mol. The maximum Gasteiger partial charge on any atom is 0.308 e. The minimum absolute atomic E-state index is 0.0691. The topological polar surface area (TPSA) is 55.4 Å². The highest BCUT2D eigenvalue weighted by Gasteiger charge is 2.21. The van der Waals surface area contributed by atoms with Gasteiger partial charge in [-0.3, -0.25) is 9.59 Å². The van der Waals surface area contributed by atoms with E-state index in [1.54, 1.807) is 24.3 Å². The molecule has 4 heteroatoms. The maximum absolute atomic E-state index is 12.1. The lowest BCUT2D eigenvalue weighted by Gasteiger charge is -2.20. The first-order valence-electron chi connectivity index (χ1n) is 6.74. The first kappa shape index (κ1) is 13.6. The van der Waals surface area contributed by atoms with Crippen molar-refractivity contribution in [2.24, 2.45) is 5.92 Å². The number of carbonyl (C=O) groups excluding carboxylic acids is 2. The Morgan fingerprint density at radius 2 is 1.95 bits per heavy atom. The Hall–Kier alpha value is -1.84. The molecule has 1 fully saturated rings. The molecule has 1 saturated carbocycles. The van der Waals surface area contributed by atoms with Gasteiger partial charge in [0.25, 0.3) is 0 Å². The van der Waals surface area contributed by atoms with Crippen molar-refractivity contribution in [1.29, 1.82) is 0 Å². The van der Waals surface area contributed by atoms with E-state index in [0.29, 0.717) is 11.4 Å². The fourth-order valence-electron chi connectivity index (χ4n) is 2.41. The number of rotatable bonds is 3. The molecular weight excluding hydrogens is 242 g/mol. The normalized spacial score (nSPS) is 15.8. The lowest BCUT2D eigenvalue weighted by atomic mass is 9.88. The predicted octanol–water partition coefficient (Wildman–Crippen LogP) is 3.13. The highest BCUT2D eigenvalue weighted by Crippen LogP contribution is 2.25. The monoisotopic (exact) mass is 261 g/mol. The lowest BCUT2D eigenvalue weighted by Crippen LogP contribution is -2.24. The molecule has 0 atom stereocenters. The third kappa shape index (κ3) is 4.09. The van der Waals surface area contributed by atoms with Crippen LogP contribution in [0.4, 0.5) is 5.69 Å². The molecule has 2 rings (SSSR count). The van der Waals surface area contributed by atoms with E-state index in [0.717, 1.165) is 25.7 Å². The highest BCUT2D eigenvalue weighted by molar-refractivity contribution is 5.92. The second-order valence-corrected chi connectivity index (χ2v) is 4.95. The molecule has 0 aromatic heterocycles. The van der Waals surface area contributed by atoms with E-state index in [-0.39, 0.29) is 17.8 Å². The molecule has 0 spiro atoms. The van der Waals surface area contributed by atoms with Crippen molar-refractivity contribution in [1.82, 2.24) is 0 Å². The number of esters is 1. The fraction of sp³-hybridized carbons (Fsp3) is 0.467. The van der Waals surface area contributed by atoms with E-state index in [9.17, 15) is 9.59 Å². The van der Waals surface area contributed by atoms with Crippen LogP contribution in [0.15, 0.2) is 24.3 Å². The van der Waals surface area contributed by atoms with Gasteiger partial charge in [0.15, 0.2) is 0 Å². The molecule has 19 heavy (non-hydrogen) atoms. The summed E-state index contributed by atoms with van der Waals surface area (Å²) in [6, 6.07) is 6.92. The van der Waals surface area contributed by atoms with Gasteiger partial charge in [-0.05, 0) is 25.0 Å². The van der Waals surface area contributed by atoms with E-state index in [4.69, 9.17) is 4.74 Å². The van der Waals surface area contributed by atoms with Gasteiger partial charge in [0.05, 0.1) is 0 Å². The number of hydrogen-bond acceptors (Lipinski definition) is 3. The van der Waals surface area contributed by atoms with Gasteiger partial charge in [-0.1, -0.05) is 25.3 Å². The third-order valence-electron chi connectivity index (χ3n) is 3.34. The third-order valence-corrected chi connectivity index (χ3v) is 3.34. The average Bonchev–Trinajstić information content (AvgIpc) is 2.39. The summed E-state index contributed by atoms with van der Waals surface area (Å²) in [5.74, 6) is 0.274. The summed E-state index contributed by atoms with van der Waals surface area (Å²) in [6.45, 7) is 1.35. The first-order valence-corrected chi connectivity index (χ1v) is 6.74. The summed E-state index contributed by atoms with van der Waals surface area (Å²) in [5.41, 5.74) is 0.675. The Bertz CT molecular complexity index is 464. The Labute approximate surface area is 113 Å². The second kappa shape index (κ2) is 6.36. The van der Waals surface area contributed by atoms with Gasteiger partial charge in [-0.2, -0.15) is 0 Å². The molecule has 0 unspecified atom stereocenters. The van der Waals surface area contributed by atoms with E-state index in [1.807, 2.05) is 0 Å². The smallest absolute Gasteiger partial charge is 0.308 e. The molecule has 1 aliphatic rings. The molecule has 1 aromatic carbocycles. The summed E-state index contributed by atoms with van der Waals surface area (Å²) in [5, 5.41) is 2.90. The summed E-state index contributed by atoms with van der Waals surface area (Å²) in [7, 11) is 0. The summed E-state index contributed by atoms with van der Waals surface area (Å²) >= 11 is 0. The van der Waals surface area contributed by atoms with Crippen molar-refractivity contribution in [3.63, 3.8) is 0 Å². The molecule has 0 aliphatic heterocycles. The quantitative estimate of drug-likeness (QED) is 0.671. The van der Waals surface area contributed by atoms with Crippen molar-refractivity contribution < 1.29 is 14.3 Å². The van der Waals surface area contributed by atoms with Crippen molar-refractivity contribution in [2.75, 3.05) is 5.32 Å². The van der Waals surface area contributed by atoms with Crippen LogP contribution in [0.1, 0.15) is 39.0 Å². The molecule has 0 heterocycles. The van der Waals surface area contributed by atoms with Gasteiger partial charge < -0.3 is 10.1 Å². The van der Waals surface area contributed by atoms with Gasteiger partial charge in [0, 0.05) is 24.6 Å². The number of nitrogens with one attached hydrogen (secondary N) is 1. The zero-order valence-corrected chi connectivity index (χ0v) is 11.1. The fourth-order valence-corrected chi connectivity index (χ4v) is 2.41. The molecule has 4 nitrogen and oxygen atoms in total. The van der Waals surface area contributed by atoms with Crippen LogP contribution in [-0.2, 0) is 9.59 Å². The van der Waals surface area contributed by atoms with Crippen LogP contribution in [0, 0.1) is 5.92 Å². The summed E-state index contributed by atoms with van der Waals surface area (Å²) < 4.78 is 4.99. The maximum atomic E-state index is 12.1. The van der Waals surface area contributed by atoms with Crippen molar-refractivity contribution in [3.8, 4) is 5.75 Å². The molecule has 0 saturated heterocycles. The van der Waals surface area contributed by atoms with Crippen molar-refractivity contribution in [3.05, 3.63) is 24.3 Å². The molecule has 1 amide bonds. The highest BCUT2D eigenvalue weighted by atomic mass is 16.5. The summed E-state index contributed by atoms with van der Waals surface area (Å²) in [4.78, 5) is 23.0. The molecule has 1 aromatic rings. The Morgan fingerprint density at radius 3 is 2.63 bits per heavy atom. The zero-order valence-electron chi connectivity index (χ0n) is 11.1. The van der Waals surface area contributed by atoms with E-state index >= 15 is 0 Å². The first-order chi connectivity index (χ1) is 9.15. The van der Waals surface area contributed by atoms with Crippen LogP contribution in [0.3, 0.4) is 0 Å². The van der Waals surface area contributed by atoms with E-state index < -0.39 is 0 Å². The van der Waals surface area contributed by atoms with E-state index in [2.05, 4.69) is 5.32 Å². The van der Waals surface area contributed by atoms with Crippen molar-refractivity contribution >= 4 is 17.6 Å². The van der Waals surface area contributed by atoms with Gasteiger partial charge in [-0.15, -0.1) is 0 Å². The molecule has 1 aliphatic carbocycles. The van der Waals surface area contributed by atoms with Crippen LogP contribution in [0.2, 0.25) is 0 Å². The van der Waals surface area contributed by atoms with Gasteiger partial charge in [0.2, 0.25) is 5.91 Å². The Balaban J connectivity index is 1.97. The van der Waals surface area contributed by atoms with Crippen LogP contribution < -0.4 is 10.1 Å². The number of carbonyl (C=O) groups is 2. The second-order valence-electron chi connectivity index (χ2n) is 4.95. The van der Waals surface area contributed by atoms with E-state index in [1.165, 1.54) is 13.3 Å². The van der Waals surface area contributed by atoms with Crippen LogP contribution >= 0.6 is 0 Å². The summed E-state index contributed by atoms with van der Waals surface area (Å²) in [6.07, 6.45) is 5.42. The van der Waals surface area contributed by atoms with Crippen molar-refractivity contribution in [2.45, 2.75) is 39.0 Å². The Morgan fingerprint density at radius 1 is 1.21 bits per heavy atom.